The topological polar surface area (TPSA) is 60.2 Å². The Morgan fingerprint density at radius 2 is 1.80 bits per heavy atom. The molecule has 1 aliphatic rings. The average molecular weight is 271 g/mol. The van der Waals surface area contributed by atoms with Crippen LogP contribution < -0.4 is 5.73 Å². The van der Waals surface area contributed by atoms with Crippen molar-refractivity contribution >= 4 is 12.2 Å². The standard InChI is InChI=1S/C10H12O.C7H9NO/c1-7-4-8(2)10(6-11)9(3)5-7;8-7(9)6-4-2-1-3-5-6/h4-6H,1-3H3;1-4,6H,5H2,(H2,8,9). The highest BCUT2D eigenvalue weighted by atomic mass is 16.1. The second kappa shape index (κ2) is 7.43. The van der Waals surface area contributed by atoms with Gasteiger partial charge in [0, 0.05) is 5.56 Å². The van der Waals surface area contributed by atoms with Crippen molar-refractivity contribution in [2.45, 2.75) is 27.2 Å². The van der Waals surface area contributed by atoms with Crippen molar-refractivity contribution in [3.8, 4) is 0 Å². The number of aryl methyl sites for hydroxylation is 3. The first-order chi connectivity index (χ1) is 9.45. The molecule has 0 aromatic heterocycles. The van der Waals surface area contributed by atoms with Crippen LogP contribution in [0, 0.1) is 26.7 Å². The van der Waals surface area contributed by atoms with Gasteiger partial charge in [-0.1, -0.05) is 42.0 Å². The van der Waals surface area contributed by atoms with Gasteiger partial charge in [0.1, 0.15) is 0 Å². The van der Waals surface area contributed by atoms with Crippen LogP contribution >= 0.6 is 0 Å². The molecule has 3 heteroatoms. The van der Waals surface area contributed by atoms with E-state index in [1.165, 1.54) is 5.56 Å². The van der Waals surface area contributed by atoms with Gasteiger partial charge in [0.15, 0.2) is 6.29 Å². The summed E-state index contributed by atoms with van der Waals surface area (Å²) in [5.41, 5.74) is 9.22. The molecular formula is C17H21NO2. The second-order valence-electron chi connectivity index (χ2n) is 4.99. The lowest BCUT2D eigenvalue weighted by atomic mass is 10.0. The molecule has 0 saturated carbocycles. The molecule has 106 valence electrons. The maximum absolute atomic E-state index is 10.6. The Labute approximate surface area is 120 Å². The predicted octanol–water partition coefficient (Wildman–Crippen LogP) is 3.03. The zero-order valence-electron chi connectivity index (χ0n) is 12.2. The molecule has 0 fully saturated rings. The van der Waals surface area contributed by atoms with Gasteiger partial charge in [-0.15, -0.1) is 0 Å². The Morgan fingerprint density at radius 3 is 2.15 bits per heavy atom. The summed E-state index contributed by atoms with van der Waals surface area (Å²) in [6.45, 7) is 5.96. The largest absolute Gasteiger partial charge is 0.369 e. The Morgan fingerprint density at radius 1 is 1.20 bits per heavy atom. The minimum atomic E-state index is -0.240. The Balaban J connectivity index is 0.000000204. The number of rotatable bonds is 2. The number of benzene rings is 1. The van der Waals surface area contributed by atoms with Gasteiger partial charge in [0.2, 0.25) is 5.91 Å². The lowest BCUT2D eigenvalue weighted by molar-refractivity contribution is -0.120. The molecule has 1 aliphatic carbocycles. The summed E-state index contributed by atoms with van der Waals surface area (Å²) in [5, 5.41) is 0. The normalized spacial score (nSPS) is 16.2. The first kappa shape index (κ1) is 15.9. The van der Waals surface area contributed by atoms with Crippen LogP contribution in [-0.4, -0.2) is 12.2 Å². The van der Waals surface area contributed by atoms with E-state index in [1.807, 2.05) is 57.2 Å². The molecule has 0 radical (unpaired) electrons. The van der Waals surface area contributed by atoms with E-state index in [0.717, 1.165) is 29.4 Å². The number of nitrogens with two attached hydrogens (primary N) is 1. The van der Waals surface area contributed by atoms with E-state index in [9.17, 15) is 9.59 Å². The first-order valence-corrected chi connectivity index (χ1v) is 6.61. The van der Waals surface area contributed by atoms with E-state index < -0.39 is 0 Å². The van der Waals surface area contributed by atoms with Crippen molar-refractivity contribution in [2.24, 2.45) is 11.7 Å². The number of aldehydes is 1. The van der Waals surface area contributed by atoms with Gasteiger partial charge in [-0.05, 0) is 38.3 Å². The number of carbonyl (C=O) groups excluding carboxylic acids is 2. The number of primary amides is 1. The second-order valence-corrected chi connectivity index (χ2v) is 4.99. The zero-order chi connectivity index (χ0) is 15.1. The van der Waals surface area contributed by atoms with E-state index in [-0.39, 0.29) is 11.8 Å². The highest BCUT2D eigenvalue weighted by Gasteiger charge is 2.09. The van der Waals surface area contributed by atoms with Crippen LogP contribution in [0.2, 0.25) is 0 Å². The number of hydrogen-bond acceptors (Lipinski definition) is 2. The van der Waals surface area contributed by atoms with Gasteiger partial charge in [-0.3, -0.25) is 9.59 Å². The quantitative estimate of drug-likeness (QED) is 0.840. The molecule has 1 atom stereocenters. The summed E-state index contributed by atoms with van der Waals surface area (Å²) in [5.74, 6) is -0.314. The van der Waals surface area contributed by atoms with Crippen molar-refractivity contribution in [1.82, 2.24) is 0 Å². The molecule has 1 amide bonds. The number of carbonyl (C=O) groups is 2. The first-order valence-electron chi connectivity index (χ1n) is 6.61. The third-order valence-electron chi connectivity index (χ3n) is 3.20. The average Bonchev–Trinajstić information content (AvgIpc) is 2.40. The van der Waals surface area contributed by atoms with Crippen molar-refractivity contribution in [2.75, 3.05) is 0 Å². The fraction of sp³-hybridized carbons (Fsp3) is 0.294. The van der Waals surface area contributed by atoms with Gasteiger partial charge in [-0.25, -0.2) is 0 Å². The van der Waals surface area contributed by atoms with Crippen LogP contribution in [0.3, 0.4) is 0 Å². The predicted molar refractivity (Wildman–Crippen MR) is 81.6 cm³/mol. The summed E-state index contributed by atoms with van der Waals surface area (Å²) >= 11 is 0. The number of amides is 1. The molecular weight excluding hydrogens is 250 g/mol. The summed E-state index contributed by atoms with van der Waals surface area (Å²) in [6, 6.07) is 4.05. The summed E-state index contributed by atoms with van der Waals surface area (Å²) < 4.78 is 0. The fourth-order valence-electron chi connectivity index (χ4n) is 2.17. The summed E-state index contributed by atoms with van der Waals surface area (Å²) in [7, 11) is 0. The van der Waals surface area contributed by atoms with E-state index >= 15 is 0 Å². The fourth-order valence-corrected chi connectivity index (χ4v) is 2.17. The van der Waals surface area contributed by atoms with Gasteiger partial charge in [0.05, 0.1) is 5.92 Å². The van der Waals surface area contributed by atoms with Crippen LogP contribution in [0.1, 0.15) is 33.5 Å². The molecule has 0 spiro atoms. The zero-order valence-corrected chi connectivity index (χ0v) is 12.2. The Hall–Kier alpha value is -2.16. The Kier molecular flexibility index (Phi) is 5.91. The minimum absolute atomic E-state index is 0.0741. The SMILES string of the molecule is Cc1cc(C)c(C=O)c(C)c1.NC(=O)C1C=CC=CC1. The Bertz CT molecular complexity index is 533. The van der Waals surface area contributed by atoms with Crippen LogP contribution in [0.25, 0.3) is 0 Å². The van der Waals surface area contributed by atoms with Gasteiger partial charge in [-0.2, -0.15) is 0 Å². The molecule has 1 unspecified atom stereocenters. The van der Waals surface area contributed by atoms with Crippen molar-refractivity contribution in [1.29, 1.82) is 0 Å². The van der Waals surface area contributed by atoms with Crippen LogP contribution in [0.5, 0.6) is 0 Å². The van der Waals surface area contributed by atoms with Crippen molar-refractivity contribution in [3.63, 3.8) is 0 Å². The highest BCUT2D eigenvalue weighted by Crippen LogP contribution is 2.13. The molecule has 0 aliphatic heterocycles. The maximum Gasteiger partial charge on any atom is 0.224 e. The molecule has 20 heavy (non-hydrogen) atoms. The summed E-state index contributed by atoms with van der Waals surface area (Å²) in [4.78, 5) is 21.1. The third-order valence-corrected chi connectivity index (χ3v) is 3.20. The molecule has 0 bridgehead atoms. The van der Waals surface area contributed by atoms with E-state index in [4.69, 9.17) is 5.73 Å². The van der Waals surface area contributed by atoms with Gasteiger partial charge < -0.3 is 5.73 Å². The van der Waals surface area contributed by atoms with E-state index in [2.05, 4.69) is 0 Å². The van der Waals surface area contributed by atoms with Crippen molar-refractivity contribution in [3.05, 3.63) is 58.7 Å². The smallest absolute Gasteiger partial charge is 0.224 e. The number of allylic oxidation sites excluding steroid dienone is 3. The highest BCUT2D eigenvalue weighted by molar-refractivity contribution is 5.79. The minimum Gasteiger partial charge on any atom is -0.369 e. The maximum atomic E-state index is 10.6. The molecule has 0 heterocycles. The molecule has 2 N–H and O–H groups in total. The van der Waals surface area contributed by atoms with E-state index in [0.29, 0.717) is 0 Å². The van der Waals surface area contributed by atoms with Crippen LogP contribution in [0.15, 0.2) is 36.4 Å². The molecule has 3 nitrogen and oxygen atoms in total. The molecule has 1 aromatic rings. The van der Waals surface area contributed by atoms with E-state index in [1.54, 1.807) is 0 Å². The number of hydrogen-bond donors (Lipinski definition) is 1. The third kappa shape index (κ3) is 4.50. The molecule has 1 aromatic carbocycles. The lowest BCUT2D eigenvalue weighted by Crippen LogP contribution is -2.21. The monoisotopic (exact) mass is 271 g/mol. The van der Waals surface area contributed by atoms with Gasteiger partial charge in [0.25, 0.3) is 0 Å². The van der Waals surface area contributed by atoms with Crippen LogP contribution in [-0.2, 0) is 4.79 Å². The van der Waals surface area contributed by atoms with Gasteiger partial charge >= 0.3 is 0 Å². The van der Waals surface area contributed by atoms with Crippen LogP contribution in [0.4, 0.5) is 0 Å². The molecule has 2 rings (SSSR count). The summed E-state index contributed by atoms with van der Waals surface area (Å²) in [6.07, 6.45) is 9.20. The molecule has 0 saturated heterocycles. The van der Waals surface area contributed by atoms with Crippen molar-refractivity contribution < 1.29 is 9.59 Å². The lowest BCUT2D eigenvalue weighted by Gasteiger charge is -2.06.